The molecule has 0 fully saturated rings. The minimum Gasteiger partial charge on any atom is -0.230 e. The molecule has 0 aliphatic rings. The smallest absolute Gasteiger partial charge is 0.230 e. The van der Waals surface area contributed by atoms with E-state index in [1.807, 2.05) is 0 Å². The van der Waals surface area contributed by atoms with Crippen molar-refractivity contribution in [1.82, 2.24) is 9.78 Å². The average molecular weight is 242 g/mol. The Balaban J connectivity index is 2.58. The molecule has 1 heterocycles. The van der Waals surface area contributed by atoms with Gasteiger partial charge >= 0.3 is 0 Å². The largest absolute Gasteiger partial charge is 0.287 e. The third kappa shape index (κ3) is 1.93. The fraction of sp³-hybridized carbons (Fsp3) is 0.182. The van der Waals surface area contributed by atoms with Crippen molar-refractivity contribution in [1.29, 1.82) is 0 Å². The Morgan fingerprint density at radius 3 is 2.69 bits per heavy atom. The lowest BCUT2D eigenvalue weighted by Crippen LogP contribution is -2.14. The number of hydrogen-bond donors (Lipinski definition) is 0. The molecule has 0 atom stereocenters. The molecule has 0 amide bonds. The number of hydrogen-bond acceptors (Lipinski definition) is 1. The maximum absolute atomic E-state index is 13.2. The van der Waals surface area contributed by atoms with Crippen molar-refractivity contribution in [2.45, 2.75) is 12.8 Å². The van der Waals surface area contributed by atoms with Crippen molar-refractivity contribution in [2.75, 3.05) is 0 Å². The van der Waals surface area contributed by atoms with Crippen molar-refractivity contribution in [2.24, 2.45) is 0 Å². The predicted octanol–water partition coefficient (Wildman–Crippen LogP) is 3.44. The van der Waals surface area contributed by atoms with Gasteiger partial charge in [0.2, 0.25) is 0 Å². The number of alkyl halides is 2. The molecule has 0 N–H and O–H groups in total. The van der Waals surface area contributed by atoms with Crippen LogP contribution in [0.5, 0.6) is 0 Å². The number of halogens is 3. The summed E-state index contributed by atoms with van der Waals surface area (Å²) in [6.45, 7) is 0.799. The third-order valence-corrected chi connectivity index (χ3v) is 2.40. The second-order valence-corrected chi connectivity index (χ2v) is 3.80. The summed E-state index contributed by atoms with van der Waals surface area (Å²) in [6, 6.07) is 9.09. The summed E-state index contributed by atoms with van der Waals surface area (Å²) in [6.07, 6.45) is 1.20. The second kappa shape index (κ2) is 3.87. The first-order valence-electron chi connectivity index (χ1n) is 4.59. The van der Waals surface area contributed by atoms with E-state index in [2.05, 4.69) is 11.2 Å². The molecule has 0 saturated carbocycles. The number of aromatic nitrogens is 2. The van der Waals surface area contributed by atoms with Crippen molar-refractivity contribution in [3.8, 4) is 5.69 Å². The molecule has 2 rings (SSSR count). The third-order valence-electron chi connectivity index (χ3n) is 2.08. The van der Waals surface area contributed by atoms with E-state index in [4.69, 9.17) is 11.6 Å². The van der Waals surface area contributed by atoms with Crippen LogP contribution in [-0.2, 0) is 5.92 Å². The van der Waals surface area contributed by atoms with Crippen molar-refractivity contribution < 1.29 is 8.78 Å². The summed E-state index contributed by atoms with van der Waals surface area (Å²) in [7, 11) is 0. The van der Waals surface area contributed by atoms with E-state index in [1.54, 1.807) is 24.3 Å². The van der Waals surface area contributed by atoms with E-state index in [9.17, 15) is 8.78 Å². The zero-order valence-electron chi connectivity index (χ0n) is 8.42. The highest BCUT2D eigenvalue weighted by Crippen LogP contribution is 2.29. The number of benzene rings is 1. The predicted molar refractivity (Wildman–Crippen MR) is 57.0 cm³/mol. The monoisotopic (exact) mass is 241 g/mol. The lowest BCUT2D eigenvalue weighted by molar-refractivity contribution is 0.00997. The Bertz CT molecular complexity index is 503. The Kier molecular flexibility index (Phi) is 2.68. The molecule has 2 aromatic rings. The lowest BCUT2D eigenvalue weighted by atomic mass is 10.2. The minimum absolute atomic E-state index is 0.305. The van der Waals surface area contributed by atoms with E-state index in [1.165, 1.54) is 6.20 Å². The van der Waals surface area contributed by atoms with Crippen LogP contribution in [0.2, 0.25) is 5.02 Å². The van der Waals surface area contributed by atoms with Crippen LogP contribution in [0.1, 0.15) is 12.6 Å². The average Bonchev–Trinajstić information content (AvgIpc) is 2.66. The first-order chi connectivity index (χ1) is 7.50. The molecule has 16 heavy (non-hydrogen) atoms. The zero-order chi connectivity index (χ0) is 11.8. The van der Waals surface area contributed by atoms with Gasteiger partial charge < -0.3 is 0 Å². The summed E-state index contributed by atoms with van der Waals surface area (Å²) in [5.41, 5.74) is 0.113. The molecule has 2 nitrogen and oxygen atoms in total. The SMILES string of the molecule is CC(F)(F)c1[c]cnn1-c1ccccc1Cl. The first-order valence-corrected chi connectivity index (χ1v) is 4.97. The summed E-state index contributed by atoms with van der Waals surface area (Å²) in [5.74, 6) is -3.00. The fourth-order valence-corrected chi connectivity index (χ4v) is 1.60. The van der Waals surface area contributed by atoms with Crippen LogP contribution in [-0.4, -0.2) is 9.78 Å². The zero-order valence-corrected chi connectivity index (χ0v) is 9.17. The molecule has 1 aromatic carbocycles. The molecule has 1 radical (unpaired) electrons. The van der Waals surface area contributed by atoms with Gasteiger partial charge in [0.05, 0.1) is 16.9 Å². The van der Waals surface area contributed by atoms with Gasteiger partial charge in [0.15, 0.2) is 0 Å². The van der Waals surface area contributed by atoms with Gasteiger partial charge in [-0.2, -0.15) is 13.9 Å². The van der Waals surface area contributed by atoms with Crippen LogP contribution in [0.4, 0.5) is 8.78 Å². The van der Waals surface area contributed by atoms with Crippen molar-refractivity contribution in [3.63, 3.8) is 0 Å². The van der Waals surface area contributed by atoms with Crippen LogP contribution >= 0.6 is 11.6 Å². The van der Waals surface area contributed by atoms with E-state index >= 15 is 0 Å². The van der Waals surface area contributed by atoms with Gasteiger partial charge in [-0.15, -0.1) is 0 Å². The number of nitrogens with zero attached hydrogens (tertiary/aromatic N) is 2. The first kappa shape index (κ1) is 11.1. The summed E-state index contributed by atoms with van der Waals surface area (Å²) in [4.78, 5) is 0. The normalized spacial score (nSPS) is 11.8. The maximum atomic E-state index is 13.2. The second-order valence-electron chi connectivity index (χ2n) is 3.39. The van der Waals surface area contributed by atoms with E-state index in [-0.39, 0.29) is 5.69 Å². The molecule has 0 spiro atoms. The molecule has 5 heteroatoms. The van der Waals surface area contributed by atoms with Gasteiger partial charge in [-0.1, -0.05) is 23.7 Å². The quantitative estimate of drug-likeness (QED) is 0.788. The topological polar surface area (TPSA) is 17.8 Å². The maximum Gasteiger partial charge on any atom is 0.287 e. The highest BCUT2D eigenvalue weighted by Gasteiger charge is 2.30. The van der Waals surface area contributed by atoms with Crippen molar-refractivity contribution >= 4 is 11.6 Å². The van der Waals surface area contributed by atoms with Gasteiger partial charge in [-0.05, 0) is 12.1 Å². The highest BCUT2D eigenvalue weighted by atomic mass is 35.5. The minimum atomic E-state index is -3.00. The molecule has 1 aromatic heterocycles. The summed E-state index contributed by atoms with van der Waals surface area (Å²) in [5, 5.41) is 4.18. The molecule has 0 aliphatic carbocycles. The Hall–Kier alpha value is -1.42. The molecular weight excluding hydrogens is 234 g/mol. The van der Waals surface area contributed by atoms with Crippen LogP contribution < -0.4 is 0 Å². The standard InChI is InChI=1S/C11H8ClF2N2/c1-11(13,14)10-6-7-15-16(10)9-5-3-2-4-8(9)12/h2-5,7H,1H3. The van der Waals surface area contributed by atoms with Crippen LogP contribution in [0.3, 0.4) is 0 Å². The number of rotatable bonds is 2. The molecule has 0 aliphatic heterocycles. The summed E-state index contributed by atoms with van der Waals surface area (Å²) < 4.78 is 27.6. The molecule has 0 saturated heterocycles. The Morgan fingerprint density at radius 1 is 1.38 bits per heavy atom. The highest BCUT2D eigenvalue weighted by molar-refractivity contribution is 6.32. The van der Waals surface area contributed by atoms with Gasteiger partial charge in [0.25, 0.3) is 5.92 Å². The van der Waals surface area contributed by atoms with Gasteiger partial charge in [-0.25, -0.2) is 4.68 Å². The molecule has 83 valence electrons. The van der Waals surface area contributed by atoms with Gasteiger partial charge in [0, 0.05) is 13.0 Å². The molecular formula is C11H8ClF2N2. The van der Waals surface area contributed by atoms with E-state index in [0.717, 1.165) is 11.6 Å². The lowest BCUT2D eigenvalue weighted by Gasteiger charge is -2.13. The Morgan fingerprint density at radius 2 is 2.06 bits per heavy atom. The summed E-state index contributed by atoms with van der Waals surface area (Å²) >= 11 is 5.92. The molecule has 0 unspecified atom stereocenters. The fourth-order valence-electron chi connectivity index (χ4n) is 1.39. The van der Waals surface area contributed by atoms with Gasteiger partial charge in [-0.3, -0.25) is 0 Å². The molecule has 0 bridgehead atoms. The van der Waals surface area contributed by atoms with Crippen LogP contribution in [0, 0.1) is 6.07 Å². The van der Waals surface area contributed by atoms with E-state index < -0.39 is 5.92 Å². The van der Waals surface area contributed by atoms with Crippen LogP contribution in [0.25, 0.3) is 5.69 Å². The Labute approximate surface area is 96.5 Å². The van der Waals surface area contributed by atoms with Crippen molar-refractivity contribution in [3.05, 3.63) is 47.2 Å². The van der Waals surface area contributed by atoms with E-state index in [0.29, 0.717) is 10.7 Å². The van der Waals surface area contributed by atoms with Crippen LogP contribution in [0.15, 0.2) is 30.5 Å². The van der Waals surface area contributed by atoms with Gasteiger partial charge in [0.1, 0.15) is 5.69 Å². The number of para-hydroxylation sites is 1.